The number of nitrogens with one attached hydrogen (secondary N) is 1. The number of piperazine rings is 1. The van der Waals surface area contributed by atoms with E-state index in [0.29, 0.717) is 16.5 Å². The first-order chi connectivity index (χ1) is 10.1. The summed E-state index contributed by atoms with van der Waals surface area (Å²) in [6.07, 6.45) is 2.30. The molecule has 21 heavy (non-hydrogen) atoms. The van der Waals surface area contributed by atoms with E-state index < -0.39 is 0 Å². The molecule has 1 aliphatic carbocycles. The summed E-state index contributed by atoms with van der Waals surface area (Å²) in [7, 11) is 3.53. The monoisotopic (exact) mass is 310 g/mol. The molecule has 0 aromatic carbocycles. The first kappa shape index (κ1) is 14.6. The molecular weight excluding hydrogens is 288 g/mol. The predicted molar refractivity (Wildman–Crippen MR) is 84.7 cm³/mol. The first-order valence-electron chi connectivity index (χ1n) is 7.30. The second-order valence-corrected chi connectivity index (χ2v) is 6.78. The Kier molecular flexibility index (Phi) is 4.05. The van der Waals surface area contributed by atoms with Crippen LogP contribution < -0.4 is 11.2 Å². The lowest BCUT2D eigenvalue weighted by Gasteiger charge is -2.32. The molecule has 0 bridgehead atoms. The van der Waals surface area contributed by atoms with Crippen LogP contribution in [0.3, 0.4) is 0 Å². The highest BCUT2D eigenvalue weighted by Crippen LogP contribution is 2.51. The average Bonchev–Trinajstić information content (AvgIpc) is 3.26. The van der Waals surface area contributed by atoms with Gasteiger partial charge in [-0.25, -0.2) is 9.80 Å². The number of nitrogen functional groups attached to an aromatic ring is 1. The van der Waals surface area contributed by atoms with Gasteiger partial charge in [-0.3, -0.25) is 0 Å². The van der Waals surface area contributed by atoms with E-state index in [1.807, 2.05) is 0 Å². The number of thiophene rings is 1. The minimum Gasteiger partial charge on any atom is -0.465 e. The molecule has 1 aliphatic heterocycles. The molecule has 7 heteroatoms. The lowest BCUT2D eigenvalue weighted by Crippen LogP contribution is -2.46. The zero-order valence-electron chi connectivity index (χ0n) is 12.5. The van der Waals surface area contributed by atoms with Crippen LogP contribution in [0.15, 0.2) is 0 Å². The fourth-order valence-corrected chi connectivity index (χ4v) is 3.78. The zero-order valence-corrected chi connectivity index (χ0v) is 13.3. The molecule has 0 spiro atoms. The van der Waals surface area contributed by atoms with Crippen molar-refractivity contribution >= 4 is 28.0 Å². The van der Waals surface area contributed by atoms with E-state index in [4.69, 9.17) is 10.5 Å². The van der Waals surface area contributed by atoms with Crippen molar-refractivity contribution < 1.29 is 9.53 Å². The third-order valence-electron chi connectivity index (χ3n) is 4.10. The number of methoxy groups -OCH3 is 1. The molecule has 2 heterocycles. The Balaban J connectivity index is 1.81. The Morgan fingerprint density at radius 2 is 2.00 bits per heavy atom. The maximum absolute atomic E-state index is 11.8. The Hall–Kier alpha value is -1.31. The highest BCUT2D eigenvalue weighted by molar-refractivity contribution is 7.18. The molecule has 1 aromatic rings. The van der Waals surface area contributed by atoms with Crippen LogP contribution in [0.4, 0.5) is 10.7 Å². The normalized spacial score (nSPS) is 20.5. The topological polar surface area (TPSA) is 70.8 Å². The number of likely N-dealkylation sites (N-methyl/N-ethyl adjacent to an activating group) is 1. The van der Waals surface area contributed by atoms with Crippen LogP contribution >= 0.6 is 11.3 Å². The van der Waals surface area contributed by atoms with Crippen LogP contribution in [0.2, 0.25) is 0 Å². The predicted octanol–water partition coefficient (Wildman–Crippen LogP) is 1.57. The number of rotatable bonds is 4. The number of hydrazine groups is 1. The molecule has 3 rings (SSSR count). The highest BCUT2D eigenvalue weighted by atomic mass is 32.1. The Labute approximate surface area is 128 Å². The number of esters is 1. The first-order valence-corrected chi connectivity index (χ1v) is 8.12. The molecule has 1 saturated heterocycles. The molecular formula is C14H22N4O2S. The van der Waals surface area contributed by atoms with Crippen LogP contribution in [0, 0.1) is 0 Å². The summed E-state index contributed by atoms with van der Waals surface area (Å²) >= 11 is 1.42. The summed E-state index contributed by atoms with van der Waals surface area (Å²) < 4.78 is 4.83. The van der Waals surface area contributed by atoms with Gasteiger partial charge in [-0.05, 0) is 25.8 Å². The van der Waals surface area contributed by atoms with Gasteiger partial charge in [0.1, 0.15) is 9.88 Å². The van der Waals surface area contributed by atoms with Gasteiger partial charge < -0.3 is 20.8 Å². The number of anilines is 2. The third kappa shape index (κ3) is 3.00. The third-order valence-corrected chi connectivity index (χ3v) is 5.21. The maximum atomic E-state index is 11.8. The summed E-state index contributed by atoms with van der Waals surface area (Å²) in [4.78, 5) is 14.7. The smallest absolute Gasteiger partial charge is 0.350 e. The van der Waals surface area contributed by atoms with Crippen LogP contribution in [0.5, 0.6) is 0 Å². The lowest BCUT2D eigenvalue weighted by atomic mass is 10.1. The molecule has 0 unspecified atom stereocenters. The summed E-state index contributed by atoms with van der Waals surface area (Å²) in [6.45, 7) is 4.00. The van der Waals surface area contributed by atoms with Gasteiger partial charge in [0.2, 0.25) is 0 Å². The fraction of sp³-hybridized carbons (Fsp3) is 0.643. The fourth-order valence-electron chi connectivity index (χ4n) is 2.62. The summed E-state index contributed by atoms with van der Waals surface area (Å²) in [5.41, 5.74) is 11.4. The van der Waals surface area contributed by atoms with Gasteiger partial charge in [0, 0.05) is 31.7 Å². The van der Waals surface area contributed by atoms with E-state index in [9.17, 15) is 4.79 Å². The van der Waals surface area contributed by atoms with Crippen LogP contribution in [0.25, 0.3) is 0 Å². The van der Waals surface area contributed by atoms with E-state index in [1.165, 1.54) is 18.4 Å². The minimum absolute atomic E-state index is 0.342. The van der Waals surface area contributed by atoms with E-state index in [2.05, 4.69) is 22.4 Å². The van der Waals surface area contributed by atoms with Gasteiger partial charge >= 0.3 is 5.97 Å². The summed E-state index contributed by atoms with van der Waals surface area (Å²) in [5.74, 6) is 0.153. The number of carbonyl (C=O) groups excluding carboxylic acids is 1. The van der Waals surface area contributed by atoms with Crippen molar-refractivity contribution in [2.45, 2.75) is 18.8 Å². The number of nitrogens with zero attached hydrogens (tertiary/aromatic N) is 2. The Morgan fingerprint density at radius 1 is 1.33 bits per heavy atom. The molecule has 1 aromatic heterocycles. The number of carbonyl (C=O) groups is 1. The SMILES string of the molecule is COC(=O)c1sc(NN2CCN(C)CC2)c(C2CC2)c1N. The lowest BCUT2D eigenvalue weighted by molar-refractivity contribution is 0.0607. The van der Waals surface area contributed by atoms with Crippen molar-refractivity contribution in [3.05, 3.63) is 10.4 Å². The van der Waals surface area contributed by atoms with Gasteiger partial charge in [0.25, 0.3) is 0 Å². The number of hydrogen-bond acceptors (Lipinski definition) is 7. The zero-order chi connectivity index (χ0) is 15.0. The number of ether oxygens (including phenoxy) is 1. The Morgan fingerprint density at radius 3 is 2.57 bits per heavy atom. The number of nitrogens with two attached hydrogens (primary N) is 1. The molecule has 2 aliphatic rings. The van der Waals surface area contributed by atoms with E-state index in [0.717, 1.165) is 49.6 Å². The van der Waals surface area contributed by atoms with Gasteiger partial charge in [-0.2, -0.15) is 0 Å². The van der Waals surface area contributed by atoms with Crippen molar-refractivity contribution in [3.63, 3.8) is 0 Å². The molecule has 1 saturated carbocycles. The molecule has 6 nitrogen and oxygen atoms in total. The van der Waals surface area contributed by atoms with Crippen molar-refractivity contribution in [2.75, 3.05) is 51.5 Å². The second kappa shape index (κ2) is 5.82. The molecule has 3 N–H and O–H groups in total. The van der Waals surface area contributed by atoms with Crippen LogP contribution in [-0.2, 0) is 4.74 Å². The second-order valence-electron chi connectivity index (χ2n) is 5.76. The van der Waals surface area contributed by atoms with Gasteiger partial charge in [-0.1, -0.05) is 0 Å². The number of hydrogen-bond donors (Lipinski definition) is 2. The van der Waals surface area contributed by atoms with Crippen molar-refractivity contribution in [3.8, 4) is 0 Å². The van der Waals surface area contributed by atoms with E-state index >= 15 is 0 Å². The van der Waals surface area contributed by atoms with Crippen LogP contribution in [0.1, 0.15) is 34.0 Å². The van der Waals surface area contributed by atoms with Crippen molar-refractivity contribution in [2.24, 2.45) is 0 Å². The largest absolute Gasteiger partial charge is 0.465 e. The Bertz CT molecular complexity index is 533. The van der Waals surface area contributed by atoms with Gasteiger partial charge in [0.15, 0.2) is 0 Å². The molecule has 0 radical (unpaired) electrons. The van der Waals surface area contributed by atoms with E-state index in [-0.39, 0.29) is 5.97 Å². The van der Waals surface area contributed by atoms with Crippen molar-refractivity contribution in [1.29, 1.82) is 0 Å². The van der Waals surface area contributed by atoms with Crippen molar-refractivity contribution in [1.82, 2.24) is 9.91 Å². The molecule has 116 valence electrons. The minimum atomic E-state index is -0.342. The quantitative estimate of drug-likeness (QED) is 0.823. The molecule has 0 amide bonds. The van der Waals surface area contributed by atoms with Gasteiger partial charge in [0.05, 0.1) is 12.8 Å². The summed E-state index contributed by atoms with van der Waals surface area (Å²) in [6, 6.07) is 0. The average molecular weight is 310 g/mol. The van der Waals surface area contributed by atoms with Gasteiger partial charge in [-0.15, -0.1) is 11.3 Å². The summed E-state index contributed by atoms with van der Waals surface area (Å²) in [5, 5.41) is 3.22. The van der Waals surface area contributed by atoms with E-state index in [1.54, 1.807) is 0 Å². The molecule has 2 fully saturated rings. The standard InChI is InChI=1S/C14H22N4O2S/c1-17-5-7-18(8-6-17)16-13-10(9-3-4-9)11(15)12(21-13)14(19)20-2/h9,16H,3-8,15H2,1-2H3. The van der Waals surface area contributed by atoms with Crippen LogP contribution in [-0.4, -0.2) is 56.2 Å². The maximum Gasteiger partial charge on any atom is 0.350 e. The highest BCUT2D eigenvalue weighted by Gasteiger charge is 2.33. The molecule has 0 atom stereocenters.